The number of amides is 3. The Bertz CT molecular complexity index is 750. The molecule has 0 aliphatic carbocycles. The second kappa shape index (κ2) is 5.10. The van der Waals surface area contributed by atoms with Crippen molar-refractivity contribution in [2.75, 3.05) is 16.3 Å². The van der Waals surface area contributed by atoms with Gasteiger partial charge in [0.25, 0.3) is 5.91 Å². The predicted molar refractivity (Wildman–Crippen MR) is 77.8 cm³/mol. The van der Waals surface area contributed by atoms with E-state index in [1.54, 1.807) is 30.3 Å². The molecule has 0 radical (unpaired) electrons. The lowest BCUT2D eigenvalue weighted by molar-refractivity contribution is -0.115. The molecule has 0 unspecified atom stereocenters. The van der Waals surface area contributed by atoms with Crippen LogP contribution < -0.4 is 9.80 Å². The molecule has 1 heterocycles. The summed E-state index contributed by atoms with van der Waals surface area (Å²) in [7, 11) is 0. The second-order valence-electron chi connectivity index (χ2n) is 4.60. The Balaban J connectivity index is 1.96. The van der Waals surface area contributed by atoms with E-state index < -0.39 is 6.03 Å². The highest BCUT2D eigenvalue weighted by Crippen LogP contribution is 2.26. The highest BCUT2D eigenvalue weighted by molar-refractivity contribution is 6.26. The topological polar surface area (TPSA) is 64.4 Å². The Morgan fingerprint density at radius 3 is 2.38 bits per heavy atom. The fraction of sp³-hybridized carbons (Fsp3) is 0.0625. The molecule has 2 aromatic rings. The number of hydrogen-bond donors (Lipinski definition) is 0. The number of hydrogen-bond acceptors (Lipinski definition) is 3. The number of anilines is 2. The van der Waals surface area contributed by atoms with Crippen LogP contribution in [-0.4, -0.2) is 18.5 Å². The quantitative estimate of drug-likeness (QED) is 0.792. The Kier molecular flexibility index (Phi) is 3.13. The van der Waals surface area contributed by atoms with E-state index in [-0.39, 0.29) is 12.5 Å². The molecule has 1 aliphatic rings. The fourth-order valence-electron chi connectivity index (χ4n) is 2.28. The molecule has 0 aromatic heterocycles. The fourth-order valence-corrected chi connectivity index (χ4v) is 2.28. The normalized spacial score (nSPS) is 14.4. The van der Waals surface area contributed by atoms with Gasteiger partial charge in [-0.1, -0.05) is 24.3 Å². The largest absolute Gasteiger partial charge is 0.336 e. The minimum absolute atomic E-state index is 0.000369. The number of nitriles is 1. The van der Waals surface area contributed by atoms with Crippen LogP contribution in [0.2, 0.25) is 0 Å². The molecule has 1 saturated heterocycles. The lowest BCUT2D eigenvalue weighted by Gasteiger charge is -2.17. The van der Waals surface area contributed by atoms with Crippen molar-refractivity contribution in [3.8, 4) is 6.07 Å². The van der Waals surface area contributed by atoms with Crippen LogP contribution in [-0.2, 0) is 4.79 Å². The van der Waals surface area contributed by atoms with E-state index in [2.05, 4.69) is 0 Å². The van der Waals surface area contributed by atoms with Gasteiger partial charge in [0.2, 0.25) is 0 Å². The van der Waals surface area contributed by atoms with Crippen molar-refractivity contribution in [2.45, 2.75) is 0 Å². The van der Waals surface area contributed by atoms with Gasteiger partial charge in [0.15, 0.2) is 0 Å². The van der Waals surface area contributed by atoms with Gasteiger partial charge in [0, 0.05) is 5.69 Å². The van der Waals surface area contributed by atoms with Crippen LogP contribution in [0, 0.1) is 11.3 Å². The van der Waals surface area contributed by atoms with Gasteiger partial charge in [-0.3, -0.25) is 9.69 Å². The molecule has 102 valence electrons. The van der Waals surface area contributed by atoms with Gasteiger partial charge in [0.05, 0.1) is 17.3 Å². The Hall–Kier alpha value is -3.13. The van der Waals surface area contributed by atoms with Crippen LogP contribution >= 0.6 is 0 Å². The molecule has 21 heavy (non-hydrogen) atoms. The first kappa shape index (κ1) is 12.9. The van der Waals surface area contributed by atoms with Crippen LogP contribution in [0.25, 0.3) is 0 Å². The first-order chi connectivity index (χ1) is 10.2. The minimum Gasteiger partial charge on any atom is -0.284 e. The highest BCUT2D eigenvalue weighted by Gasteiger charge is 2.37. The summed E-state index contributed by atoms with van der Waals surface area (Å²) in [4.78, 5) is 27.1. The monoisotopic (exact) mass is 277 g/mol. The average Bonchev–Trinajstić information content (AvgIpc) is 2.83. The van der Waals surface area contributed by atoms with Crippen LogP contribution in [0.1, 0.15) is 5.56 Å². The Morgan fingerprint density at radius 2 is 1.67 bits per heavy atom. The average molecular weight is 277 g/mol. The predicted octanol–water partition coefficient (Wildman–Crippen LogP) is 2.53. The number of carbonyl (C=O) groups is 2. The summed E-state index contributed by atoms with van der Waals surface area (Å²) in [6.07, 6.45) is 0. The summed E-state index contributed by atoms with van der Waals surface area (Å²) in [5.74, 6) is -0.307. The Morgan fingerprint density at radius 1 is 0.952 bits per heavy atom. The molecule has 0 saturated carbocycles. The molecule has 3 rings (SSSR count). The lowest BCUT2D eigenvalue weighted by Crippen LogP contribution is -2.33. The zero-order valence-corrected chi connectivity index (χ0v) is 11.1. The van der Waals surface area contributed by atoms with E-state index in [1.165, 1.54) is 11.0 Å². The summed E-state index contributed by atoms with van der Waals surface area (Å²) >= 11 is 0. The second-order valence-corrected chi connectivity index (χ2v) is 4.60. The molecule has 3 amide bonds. The van der Waals surface area contributed by atoms with E-state index in [9.17, 15) is 9.59 Å². The SMILES string of the molecule is N#Cc1cccc(N2C(=O)CN(c3ccccc3)C2=O)c1. The zero-order chi connectivity index (χ0) is 14.8. The maximum atomic E-state index is 12.5. The van der Waals surface area contributed by atoms with Crippen molar-refractivity contribution in [2.24, 2.45) is 0 Å². The van der Waals surface area contributed by atoms with Crippen molar-refractivity contribution in [1.29, 1.82) is 5.26 Å². The number of benzene rings is 2. The minimum atomic E-state index is -0.402. The summed E-state index contributed by atoms with van der Waals surface area (Å²) in [6.45, 7) is -0.000369. The van der Waals surface area contributed by atoms with Crippen LogP contribution in [0.4, 0.5) is 16.2 Å². The molecule has 2 aromatic carbocycles. The van der Waals surface area contributed by atoms with Gasteiger partial charge in [-0.05, 0) is 30.3 Å². The van der Waals surface area contributed by atoms with Crippen LogP contribution in [0.15, 0.2) is 54.6 Å². The molecule has 0 N–H and O–H groups in total. The third kappa shape index (κ3) is 2.23. The van der Waals surface area contributed by atoms with Gasteiger partial charge in [-0.25, -0.2) is 9.69 Å². The van der Waals surface area contributed by atoms with Crippen molar-refractivity contribution >= 4 is 23.3 Å². The van der Waals surface area contributed by atoms with Gasteiger partial charge in [-0.15, -0.1) is 0 Å². The van der Waals surface area contributed by atoms with E-state index >= 15 is 0 Å². The first-order valence-electron chi connectivity index (χ1n) is 6.40. The van der Waals surface area contributed by atoms with E-state index in [1.807, 2.05) is 24.3 Å². The molecular formula is C16H11N3O2. The summed E-state index contributed by atoms with van der Waals surface area (Å²) < 4.78 is 0. The van der Waals surface area contributed by atoms with Crippen LogP contribution in [0.5, 0.6) is 0 Å². The molecular weight excluding hydrogens is 266 g/mol. The molecule has 0 spiro atoms. The molecule has 0 atom stereocenters. The van der Waals surface area contributed by atoms with Crippen LogP contribution in [0.3, 0.4) is 0 Å². The first-order valence-corrected chi connectivity index (χ1v) is 6.40. The summed E-state index contributed by atoms with van der Waals surface area (Å²) in [5, 5.41) is 8.92. The van der Waals surface area contributed by atoms with Gasteiger partial charge in [0.1, 0.15) is 6.54 Å². The number of rotatable bonds is 2. The summed E-state index contributed by atoms with van der Waals surface area (Å²) in [6, 6.07) is 17.1. The number of nitrogens with zero attached hydrogens (tertiary/aromatic N) is 3. The number of para-hydroxylation sites is 1. The molecule has 5 nitrogen and oxygen atoms in total. The van der Waals surface area contributed by atoms with E-state index in [4.69, 9.17) is 5.26 Å². The maximum absolute atomic E-state index is 12.5. The molecule has 0 bridgehead atoms. The maximum Gasteiger partial charge on any atom is 0.336 e. The van der Waals surface area contributed by atoms with Gasteiger partial charge >= 0.3 is 6.03 Å². The zero-order valence-electron chi connectivity index (χ0n) is 11.1. The molecule has 1 fully saturated rings. The van der Waals surface area contributed by atoms with Crippen molar-refractivity contribution in [1.82, 2.24) is 0 Å². The van der Waals surface area contributed by atoms with E-state index in [0.29, 0.717) is 16.9 Å². The third-order valence-electron chi connectivity index (χ3n) is 3.27. The van der Waals surface area contributed by atoms with Gasteiger partial charge in [-0.2, -0.15) is 5.26 Å². The van der Waals surface area contributed by atoms with E-state index in [0.717, 1.165) is 4.90 Å². The van der Waals surface area contributed by atoms with Gasteiger partial charge < -0.3 is 0 Å². The standard InChI is InChI=1S/C16H11N3O2/c17-10-12-5-4-8-14(9-12)19-15(20)11-18(16(19)21)13-6-2-1-3-7-13/h1-9H,11H2. The number of imide groups is 1. The van der Waals surface area contributed by atoms with Crippen molar-refractivity contribution < 1.29 is 9.59 Å². The lowest BCUT2D eigenvalue weighted by atomic mass is 10.2. The molecule has 1 aliphatic heterocycles. The number of carbonyl (C=O) groups excluding carboxylic acids is 2. The molecule has 5 heteroatoms. The highest BCUT2D eigenvalue weighted by atomic mass is 16.2. The Labute approximate surface area is 121 Å². The van der Waals surface area contributed by atoms with Crippen molar-refractivity contribution in [3.63, 3.8) is 0 Å². The summed E-state index contributed by atoms with van der Waals surface area (Å²) in [5.41, 5.74) is 1.50. The third-order valence-corrected chi connectivity index (χ3v) is 3.27. The number of urea groups is 1. The smallest absolute Gasteiger partial charge is 0.284 e. The van der Waals surface area contributed by atoms with Crippen molar-refractivity contribution in [3.05, 3.63) is 60.2 Å².